The predicted molar refractivity (Wildman–Crippen MR) is 109 cm³/mol. The maximum absolute atomic E-state index is 12.9. The van der Waals surface area contributed by atoms with E-state index in [1.54, 1.807) is 0 Å². The molecule has 154 valence electrons. The zero-order chi connectivity index (χ0) is 20.5. The molecular weight excluding hydrogens is 354 g/mol. The predicted octanol–water partition coefficient (Wildman–Crippen LogP) is 2.25. The van der Waals surface area contributed by atoms with Crippen molar-refractivity contribution in [2.45, 2.75) is 64.6 Å². The summed E-state index contributed by atoms with van der Waals surface area (Å²) in [6.07, 6.45) is 2.05. The highest BCUT2D eigenvalue weighted by Gasteiger charge is 2.63. The Morgan fingerprint density at radius 2 is 1.82 bits per heavy atom. The van der Waals surface area contributed by atoms with E-state index in [9.17, 15) is 9.59 Å². The van der Waals surface area contributed by atoms with Crippen LogP contribution in [0.2, 0.25) is 0 Å². The van der Waals surface area contributed by atoms with E-state index in [2.05, 4.69) is 5.32 Å². The van der Waals surface area contributed by atoms with Gasteiger partial charge in [-0.05, 0) is 38.8 Å². The van der Waals surface area contributed by atoms with Gasteiger partial charge < -0.3 is 20.7 Å². The third-order valence-electron chi connectivity index (χ3n) is 6.65. The molecule has 2 unspecified atom stereocenters. The highest BCUT2D eigenvalue weighted by Crippen LogP contribution is 2.49. The molecule has 1 heterocycles. The molecule has 6 nitrogen and oxygen atoms in total. The van der Waals surface area contributed by atoms with Crippen LogP contribution in [-0.4, -0.2) is 54.1 Å². The summed E-state index contributed by atoms with van der Waals surface area (Å²) in [7, 11) is 0. The van der Waals surface area contributed by atoms with Gasteiger partial charge in [-0.15, -0.1) is 0 Å². The summed E-state index contributed by atoms with van der Waals surface area (Å²) in [5, 5.41) is 3.13. The molecule has 0 bridgehead atoms. The van der Waals surface area contributed by atoms with Crippen molar-refractivity contribution in [1.29, 1.82) is 0 Å². The standard InChI is InChI=1S/C22H33N3O3/c1-5-28-18-14-22(23,21(18,3)4)20(27)24-17-10-12-25(13-11-17)19(26)16-8-6-15(2)7-9-16/h6-9,17-18H,5,10-14,23H2,1-4H3,(H,24,27). The van der Waals surface area contributed by atoms with Gasteiger partial charge in [0.25, 0.3) is 5.91 Å². The lowest BCUT2D eigenvalue weighted by molar-refractivity contribution is -0.171. The van der Waals surface area contributed by atoms with Gasteiger partial charge in [0.05, 0.1) is 6.10 Å². The van der Waals surface area contributed by atoms with Gasteiger partial charge in [-0.3, -0.25) is 9.59 Å². The Bertz CT molecular complexity index is 723. The number of benzene rings is 1. The monoisotopic (exact) mass is 387 g/mol. The number of hydrogen-bond acceptors (Lipinski definition) is 4. The lowest BCUT2D eigenvalue weighted by Gasteiger charge is -2.57. The van der Waals surface area contributed by atoms with E-state index < -0.39 is 11.0 Å². The van der Waals surface area contributed by atoms with Crippen molar-refractivity contribution < 1.29 is 14.3 Å². The molecule has 0 spiro atoms. The molecular formula is C22H33N3O3. The average Bonchev–Trinajstić information content (AvgIpc) is 2.68. The van der Waals surface area contributed by atoms with Crippen molar-refractivity contribution in [3.8, 4) is 0 Å². The third-order valence-corrected chi connectivity index (χ3v) is 6.65. The molecule has 3 N–H and O–H groups in total. The first kappa shape index (κ1) is 20.8. The van der Waals surface area contributed by atoms with E-state index >= 15 is 0 Å². The molecule has 0 aromatic heterocycles. The maximum Gasteiger partial charge on any atom is 0.253 e. The van der Waals surface area contributed by atoms with Gasteiger partial charge in [-0.1, -0.05) is 31.5 Å². The summed E-state index contributed by atoms with van der Waals surface area (Å²) in [5.41, 5.74) is 7.03. The van der Waals surface area contributed by atoms with E-state index in [4.69, 9.17) is 10.5 Å². The van der Waals surface area contributed by atoms with Crippen LogP contribution < -0.4 is 11.1 Å². The summed E-state index contributed by atoms with van der Waals surface area (Å²) in [4.78, 5) is 27.4. The molecule has 1 aromatic rings. The zero-order valence-electron chi connectivity index (χ0n) is 17.5. The zero-order valence-corrected chi connectivity index (χ0v) is 17.5. The fraction of sp³-hybridized carbons (Fsp3) is 0.636. The average molecular weight is 388 g/mol. The summed E-state index contributed by atoms with van der Waals surface area (Å²) in [6, 6.07) is 7.71. The number of nitrogens with zero attached hydrogens (tertiary/aromatic N) is 1. The van der Waals surface area contributed by atoms with Gasteiger partial charge in [-0.2, -0.15) is 0 Å². The van der Waals surface area contributed by atoms with Gasteiger partial charge in [-0.25, -0.2) is 0 Å². The maximum atomic E-state index is 12.9. The van der Waals surface area contributed by atoms with Crippen molar-refractivity contribution in [3.63, 3.8) is 0 Å². The topological polar surface area (TPSA) is 84.7 Å². The van der Waals surface area contributed by atoms with Crippen LogP contribution in [0, 0.1) is 12.3 Å². The van der Waals surface area contributed by atoms with E-state index in [-0.39, 0.29) is 24.0 Å². The lowest BCUT2D eigenvalue weighted by atomic mass is 9.54. The Balaban J connectivity index is 1.52. The minimum absolute atomic E-state index is 0.0160. The summed E-state index contributed by atoms with van der Waals surface area (Å²) in [5.74, 6) is -0.0449. The Kier molecular flexibility index (Phi) is 5.82. The first-order valence-electron chi connectivity index (χ1n) is 10.3. The van der Waals surface area contributed by atoms with Crippen molar-refractivity contribution in [3.05, 3.63) is 35.4 Å². The fourth-order valence-electron chi connectivity index (χ4n) is 4.24. The van der Waals surface area contributed by atoms with Crippen molar-refractivity contribution in [1.82, 2.24) is 10.2 Å². The van der Waals surface area contributed by atoms with Gasteiger partial charge in [0.2, 0.25) is 5.91 Å². The second kappa shape index (κ2) is 7.84. The third kappa shape index (κ3) is 3.67. The number of nitrogens with two attached hydrogens (primary N) is 1. The number of piperidine rings is 1. The van der Waals surface area contributed by atoms with Crippen LogP contribution in [0.3, 0.4) is 0 Å². The van der Waals surface area contributed by atoms with E-state index in [0.717, 1.165) is 18.4 Å². The number of amides is 2. The normalized spacial score (nSPS) is 27.2. The smallest absolute Gasteiger partial charge is 0.253 e. The molecule has 1 aliphatic carbocycles. The summed E-state index contributed by atoms with van der Waals surface area (Å²) >= 11 is 0. The second-order valence-corrected chi connectivity index (χ2v) is 8.75. The Morgan fingerprint density at radius 1 is 1.21 bits per heavy atom. The van der Waals surface area contributed by atoms with Crippen LogP contribution >= 0.6 is 0 Å². The summed E-state index contributed by atoms with van der Waals surface area (Å²) < 4.78 is 5.71. The van der Waals surface area contributed by atoms with Gasteiger partial charge in [0.15, 0.2) is 0 Å². The number of carbonyl (C=O) groups is 2. The molecule has 1 aliphatic heterocycles. The van der Waals surface area contributed by atoms with Crippen LogP contribution in [0.4, 0.5) is 0 Å². The second-order valence-electron chi connectivity index (χ2n) is 8.75. The highest BCUT2D eigenvalue weighted by atomic mass is 16.5. The SMILES string of the molecule is CCOC1CC(N)(C(=O)NC2CCN(C(=O)c3ccc(C)cc3)CC2)C1(C)C. The van der Waals surface area contributed by atoms with Crippen LogP contribution in [-0.2, 0) is 9.53 Å². The molecule has 2 amide bonds. The highest BCUT2D eigenvalue weighted by molar-refractivity contribution is 5.94. The van der Waals surface area contributed by atoms with Gasteiger partial charge in [0.1, 0.15) is 5.54 Å². The van der Waals surface area contributed by atoms with E-state index in [1.807, 2.05) is 56.9 Å². The molecule has 28 heavy (non-hydrogen) atoms. The van der Waals surface area contributed by atoms with Crippen LogP contribution in [0.15, 0.2) is 24.3 Å². The number of nitrogens with one attached hydrogen (secondary N) is 1. The largest absolute Gasteiger partial charge is 0.378 e. The number of aryl methyl sites for hydroxylation is 1. The Morgan fingerprint density at radius 3 is 2.36 bits per heavy atom. The van der Waals surface area contributed by atoms with Crippen molar-refractivity contribution in [2.75, 3.05) is 19.7 Å². The molecule has 2 fully saturated rings. The van der Waals surface area contributed by atoms with Crippen molar-refractivity contribution in [2.24, 2.45) is 11.1 Å². The van der Waals surface area contributed by atoms with E-state index in [0.29, 0.717) is 31.7 Å². The van der Waals surface area contributed by atoms with Gasteiger partial charge >= 0.3 is 0 Å². The lowest BCUT2D eigenvalue weighted by Crippen LogP contribution is -2.76. The van der Waals surface area contributed by atoms with Crippen LogP contribution in [0.25, 0.3) is 0 Å². The molecule has 1 saturated heterocycles. The Hall–Kier alpha value is -1.92. The number of rotatable bonds is 5. The molecule has 2 aliphatic rings. The Labute approximate surface area is 167 Å². The first-order valence-corrected chi connectivity index (χ1v) is 10.3. The van der Waals surface area contributed by atoms with Gasteiger partial charge in [0, 0.05) is 43.1 Å². The van der Waals surface area contributed by atoms with Crippen LogP contribution in [0.5, 0.6) is 0 Å². The number of hydrogen-bond donors (Lipinski definition) is 2. The molecule has 1 saturated carbocycles. The number of likely N-dealkylation sites (tertiary alicyclic amines) is 1. The number of ether oxygens (including phenoxy) is 1. The van der Waals surface area contributed by atoms with Crippen LogP contribution in [0.1, 0.15) is 56.0 Å². The minimum atomic E-state index is -0.901. The first-order chi connectivity index (χ1) is 13.2. The fourth-order valence-corrected chi connectivity index (χ4v) is 4.24. The molecule has 1 aromatic carbocycles. The quantitative estimate of drug-likeness (QED) is 0.812. The molecule has 6 heteroatoms. The summed E-state index contributed by atoms with van der Waals surface area (Å²) in [6.45, 7) is 9.86. The molecule has 2 atom stereocenters. The van der Waals surface area contributed by atoms with E-state index in [1.165, 1.54) is 0 Å². The van der Waals surface area contributed by atoms with Crippen molar-refractivity contribution >= 4 is 11.8 Å². The molecule has 0 radical (unpaired) electrons. The number of carbonyl (C=O) groups excluding carboxylic acids is 2. The molecule has 3 rings (SSSR count). The minimum Gasteiger partial charge on any atom is -0.378 e.